The Balaban J connectivity index is 1.57. The van der Waals surface area contributed by atoms with Gasteiger partial charge < -0.3 is 14.6 Å². The summed E-state index contributed by atoms with van der Waals surface area (Å²) in [6.45, 7) is 8.49. The van der Waals surface area contributed by atoms with Gasteiger partial charge in [0.15, 0.2) is 0 Å². The molecule has 2 aromatic carbocycles. The first kappa shape index (κ1) is 35.1. The van der Waals surface area contributed by atoms with Crippen LogP contribution in [0.2, 0.25) is 0 Å². The molecule has 2 rings (SSSR count). The maximum Gasteiger partial charge on any atom is 0.333 e. The van der Waals surface area contributed by atoms with E-state index in [1.807, 2.05) is 24.3 Å². The summed E-state index contributed by atoms with van der Waals surface area (Å²) in [5, 5.41) is 10.4. The molecule has 0 aliphatic carbocycles. The SMILES string of the molecule is C=C(C)C(=O)OCCCCCCOc1ccc(C=Nc2ccc(CCCCCCCCCCCCCC)cc2)c(O)c1. The van der Waals surface area contributed by atoms with Crippen LogP contribution in [0, 0.1) is 0 Å². The van der Waals surface area contributed by atoms with Crippen molar-refractivity contribution in [1.29, 1.82) is 0 Å². The van der Waals surface area contributed by atoms with E-state index in [0.29, 0.717) is 30.1 Å². The number of rotatable bonds is 24. The molecule has 0 fully saturated rings. The summed E-state index contributed by atoms with van der Waals surface area (Å²) in [5.74, 6) is 0.464. The lowest BCUT2D eigenvalue weighted by Gasteiger charge is -2.08. The molecule has 0 spiro atoms. The third-order valence-corrected chi connectivity index (χ3v) is 7.50. The van der Waals surface area contributed by atoms with Gasteiger partial charge in [-0.25, -0.2) is 4.79 Å². The lowest BCUT2D eigenvalue weighted by Crippen LogP contribution is -2.06. The quantitative estimate of drug-likeness (QED) is 0.0583. The van der Waals surface area contributed by atoms with Gasteiger partial charge >= 0.3 is 5.97 Å². The Labute approximate surface area is 255 Å². The van der Waals surface area contributed by atoms with Crippen molar-refractivity contribution in [2.24, 2.45) is 4.99 Å². The summed E-state index contributed by atoms with van der Waals surface area (Å²) >= 11 is 0. The summed E-state index contributed by atoms with van der Waals surface area (Å²) in [6.07, 6.45) is 23.0. The van der Waals surface area contributed by atoms with Gasteiger partial charge in [0.1, 0.15) is 11.5 Å². The number of esters is 1. The second-order valence-electron chi connectivity index (χ2n) is 11.5. The Bertz CT molecular complexity index is 1040. The zero-order valence-corrected chi connectivity index (χ0v) is 26.4. The van der Waals surface area contributed by atoms with E-state index in [2.05, 4.69) is 30.6 Å². The van der Waals surface area contributed by atoms with Crippen molar-refractivity contribution in [2.45, 2.75) is 123 Å². The van der Waals surface area contributed by atoms with Crippen LogP contribution >= 0.6 is 0 Å². The maximum atomic E-state index is 11.3. The number of nitrogens with zero attached hydrogens (tertiary/aromatic N) is 1. The molecule has 0 saturated carbocycles. The van der Waals surface area contributed by atoms with Crippen molar-refractivity contribution in [1.82, 2.24) is 0 Å². The molecule has 0 bridgehead atoms. The fourth-order valence-electron chi connectivity index (χ4n) is 4.82. The molecular weight excluding hydrogens is 522 g/mol. The number of phenols is 1. The molecule has 0 aromatic heterocycles. The number of unbranched alkanes of at least 4 members (excludes halogenated alkanes) is 14. The number of aliphatic imine (C=N–C) groups is 1. The smallest absolute Gasteiger partial charge is 0.333 e. The minimum absolute atomic E-state index is 0.152. The van der Waals surface area contributed by atoms with Crippen LogP contribution in [-0.2, 0) is 16.0 Å². The van der Waals surface area contributed by atoms with E-state index in [9.17, 15) is 9.90 Å². The molecule has 2 aromatic rings. The first-order chi connectivity index (χ1) is 20.5. The first-order valence-electron chi connectivity index (χ1n) is 16.4. The lowest BCUT2D eigenvalue weighted by molar-refractivity contribution is -0.139. The van der Waals surface area contributed by atoms with Crippen molar-refractivity contribution < 1.29 is 19.4 Å². The van der Waals surface area contributed by atoms with Crippen molar-refractivity contribution in [3.05, 3.63) is 65.7 Å². The molecule has 0 unspecified atom stereocenters. The van der Waals surface area contributed by atoms with E-state index < -0.39 is 0 Å². The molecule has 42 heavy (non-hydrogen) atoms. The highest BCUT2D eigenvalue weighted by molar-refractivity contribution is 5.87. The largest absolute Gasteiger partial charge is 0.507 e. The number of hydrogen-bond acceptors (Lipinski definition) is 5. The predicted molar refractivity (Wildman–Crippen MR) is 176 cm³/mol. The first-order valence-corrected chi connectivity index (χ1v) is 16.4. The summed E-state index contributed by atoms with van der Waals surface area (Å²) in [7, 11) is 0. The van der Waals surface area contributed by atoms with Crippen LogP contribution in [0.15, 0.2) is 59.6 Å². The van der Waals surface area contributed by atoms with Crippen molar-refractivity contribution in [3.63, 3.8) is 0 Å². The number of phenolic OH excluding ortho intramolecular Hbond substituents is 1. The lowest BCUT2D eigenvalue weighted by atomic mass is 10.0. The standard InChI is InChI=1S/C37H55NO4/c1-4-5-6-7-8-9-10-11-12-13-14-17-20-32-21-24-34(25-22-32)38-30-33-23-26-35(29-36(33)39)41-27-18-15-16-19-28-42-37(40)31(2)3/h21-26,29-30,39H,2,4-20,27-28H2,1,3H3. The van der Waals surface area contributed by atoms with Crippen LogP contribution in [0.4, 0.5) is 5.69 Å². The number of ether oxygens (including phenoxy) is 2. The van der Waals surface area contributed by atoms with Crippen LogP contribution in [0.5, 0.6) is 11.5 Å². The summed E-state index contributed by atoms with van der Waals surface area (Å²) < 4.78 is 10.9. The molecule has 0 saturated heterocycles. The predicted octanol–water partition coefficient (Wildman–Crippen LogP) is 10.4. The van der Waals surface area contributed by atoms with Crippen LogP contribution in [-0.4, -0.2) is 30.5 Å². The van der Waals surface area contributed by atoms with Crippen LogP contribution < -0.4 is 4.74 Å². The molecule has 0 heterocycles. The van der Waals surface area contributed by atoms with Gasteiger partial charge in [0.25, 0.3) is 0 Å². The molecule has 232 valence electrons. The van der Waals surface area contributed by atoms with E-state index in [0.717, 1.165) is 37.8 Å². The van der Waals surface area contributed by atoms with E-state index in [1.54, 1.807) is 19.2 Å². The minimum Gasteiger partial charge on any atom is -0.507 e. The molecule has 1 N–H and O–H groups in total. The molecule has 0 atom stereocenters. The topological polar surface area (TPSA) is 68.1 Å². The molecule has 0 radical (unpaired) electrons. The Morgan fingerprint density at radius 3 is 1.95 bits per heavy atom. The molecule has 5 nitrogen and oxygen atoms in total. The van der Waals surface area contributed by atoms with Gasteiger partial charge in [-0.2, -0.15) is 0 Å². The highest BCUT2D eigenvalue weighted by Crippen LogP contribution is 2.24. The van der Waals surface area contributed by atoms with Gasteiger partial charge in [-0.1, -0.05) is 96.3 Å². The van der Waals surface area contributed by atoms with Gasteiger partial charge in [-0.05, 0) is 75.3 Å². The average molecular weight is 578 g/mol. The van der Waals surface area contributed by atoms with Crippen LogP contribution in [0.1, 0.15) is 128 Å². The van der Waals surface area contributed by atoms with Crippen molar-refractivity contribution in [3.8, 4) is 11.5 Å². The number of carbonyl (C=O) groups excluding carboxylic acids is 1. The van der Waals surface area contributed by atoms with Crippen molar-refractivity contribution in [2.75, 3.05) is 13.2 Å². The third-order valence-electron chi connectivity index (χ3n) is 7.50. The second kappa shape index (κ2) is 22.5. The summed E-state index contributed by atoms with van der Waals surface area (Å²) in [6, 6.07) is 13.7. The highest BCUT2D eigenvalue weighted by atomic mass is 16.5. The Morgan fingerprint density at radius 1 is 0.786 bits per heavy atom. The molecule has 5 heteroatoms. The molecular formula is C37H55NO4. The minimum atomic E-state index is -0.329. The highest BCUT2D eigenvalue weighted by Gasteiger charge is 2.04. The van der Waals surface area contributed by atoms with Crippen LogP contribution in [0.25, 0.3) is 0 Å². The number of hydrogen-bond donors (Lipinski definition) is 1. The molecule has 0 amide bonds. The third kappa shape index (κ3) is 16.4. The maximum absolute atomic E-state index is 11.3. The molecule has 0 aliphatic rings. The summed E-state index contributed by atoms with van der Waals surface area (Å²) in [5.41, 5.74) is 3.32. The monoisotopic (exact) mass is 577 g/mol. The Hall–Kier alpha value is -3.08. The van der Waals surface area contributed by atoms with Gasteiger partial charge in [0.2, 0.25) is 0 Å². The zero-order chi connectivity index (χ0) is 30.3. The van der Waals surface area contributed by atoms with E-state index in [-0.39, 0.29) is 11.7 Å². The number of benzene rings is 2. The Kier molecular flexibility index (Phi) is 18.8. The van der Waals surface area contributed by atoms with Gasteiger partial charge in [-0.3, -0.25) is 4.99 Å². The second-order valence-corrected chi connectivity index (χ2v) is 11.5. The van der Waals surface area contributed by atoms with Gasteiger partial charge in [0, 0.05) is 23.4 Å². The molecule has 0 aliphatic heterocycles. The van der Waals surface area contributed by atoms with Crippen molar-refractivity contribution >= 4 is 17.9 Å². The van der Waals surface area contributed by atoms with Crippen LogP contribution in [0.3, 0.4) is 0 Å². The van der Waals surface area contributed by atoms with E-state index >= 15 is 0 Å². The van der Waals surface area contributed by atoms with E-state index in [1.165, 1.54) is 82.6 Å². The number of carbonyl (C=O) groups is 1. The normalized spacial score (nSPS) is 11.2. The fourth-order valence-corrected chi connectivity index (χ4v) is 4.82. The fraction of sp³-hybridized carbons (Fsp3) is 0.568. The van der Waals surface area contributed by atoms with Gasteiger partial charge in [-0.15, -0.1) is 0 Å². The Morgan fingerprint density at radius 2 is 1.36 bits per heavy atom. The summed E-state index contributed by atoms with van der Waals surface area (Å²) in [4.78, 5) is 15.9. The average Bonchev–Trinajstić information content (AvgIpc) is 2.99. The number of aromatic hydroxyl groups is 1. The van der Waals surface area contributed by atoms with Gasteiger partial charge in [0.05, 0.1) is 18.9 Å². The zero-order valence-electron chi connectivity index (χ0n) is 26.4. The number of aryl methyl sites for hydroxylation is 1. The van der Waals surface area contributed by atoms with E-state index in [4.69, 9.17) is 9.47 Å².